The minimum Gasteiger partial charge on any atom is -0.435 e. The molecule has 1 rings (SSSR count). The van der Waals surface area contributed by atoms with Crippen molar-refractivity contribution in [2.75, 3.05) is 19.8 Å². The Labute approximate surface area is 142 Å². The van der Waals surface area contributed by atoms with E-state index in [1.807, 2.05) is 6.08 Å². The number of hydrogen-bond acceptors (Lipinski definition) is 4. The van der Waals surface area contributed by atoms with Crippen molar-refractivity contribution in [2.45, 2.75) is 59.7 Å². The first-order valence-corrected chi connectivity index (χ1v) is 11.4. The van der Waals surface area contributed by atoms with Gasteiger partial charge in [0.25, 0.3) is 0 Å². The van der Waals surface area contributed by atoms with Gasteiger partial charge in [0.15, 0.2) is 8.32 Å². The van der Waals surface area contributed by atoms with E-state index in [-0.39, 0.29) is 17.1 Å². The number of carbonyl (C=O) groups is 1. The summed E-state index contributed by atoms with van der Waals surface area (Å²) in [6, 6.07) is 0. The quantitative estimate of drug-likeness (QED) is 0.370. The summed E-state index contributed by atoms with van der Waals surface area (Å²) in [7, 11) is -1.69. The Morgan fingerprint density at radius 2 is 1.83 bits per heavy atom. The van der Waals surface area contributed by atoms with Crippen LogP contribution in [0, 0.1) is 17.3 Å². The van der Waals surface area contributed by atoms with Crippen LogP contribution in [0.2, 0.25) is 18.1 Å². The zero-order valence-corrected chi connectivity index (χ0v) is 17.1. The summed E-state index contributed by atoms with van der Waals surface area (Å²) in [4.78, 5) is 11.1. The van der Waals surface area contributed by atoms with Gasteiger partial charge in [0.2, 0.25) is 0 Å². The molecule has 0 bridgehead atoms. The average molecular weight is 343 g/mol. The first-order valence-electron chi connectivity index (χ1n) is 8.53. The maximum Gasteiger partial charge on any atom is 0.508 e. The number of hydrogen-bond donors (Lipinski definition) is 0. The van der Waals surface area contributed by atoms with Gasteiger partial charge in [-0.15, -0.1) is 0 Å². The highest BCUT2D eigenvalue weighted by Crippen LogP contribution is 2.59. The SMILES string of the molecule is CCOC(=O)OC/C=C/[C@H]1[C@@H](CO[Si](C)(C)C(C)(C)C)C1(C)C. The lowest BCUT2D eigenvalue weighted by Gasteiger charge is -2.36. The summed E-state index contributed by atoms with van der Waals surface area (Å²) in [5, 5.41) is 0.241. The van der Waals surface area contributed by atoms with Crippen LogP contribution in [0.1, 0.15) is 41.5 Å². The van der Waals surface area contributed by atoms with E-state index in [2.05, 4.69) is 53.8 Å². The summed E-state index contributed by atoms with van der Waals surface area (Å²) in [6.45, 7) is 19.1. The van der Waals surface area contributed by atoms with E-state index in [9.17, 15) is 4.79 Å². The van der Waals surface area contributed by atoms with Crippen molar-refractivity contribution in [1.82, 2.24) is 0 Å². The van der Waals surface area contributed by atoms with E-state index in [1.165, 1.54) is 0 Å². The first-order chi connectivity index (χ1) is 10.4. The fraction of sp³-hybridized carbons (Fsp3) is 0.833. The fourth-order valence-electron chi connectivity index (χ4n) is 2.48. The lowest BCUT2D eigenvalue weighted by molar-refractivity contribution is 0.0672. The van der Waals surface area contributed by atoms with Crippen LogP contribution in [-0.4, -0.2) is 34.3 Å². The fourth-order valence-corrected chi connectivity index (χ4v) is 3.51. The molecule has 0 saturated heterocycles. The number of carbonyl (C=O) groups excluding carboxylic acids is 1. The van der Waals surface area contributed by atoms with Gasteiger partial charge in [-0.05, 0) is 42.3 Å². The van der Waals surface area contributed by atoms with E-state index >= 15 is 0 Å². The Morgan fingerprint density at radius 3 is 2.35 bits per heavy atom. The molecule has 0 aromatic heterocycles. The molecular weight excluding hydrogens is 308 g/mol. The standard InChI is InChI=1S/C18H34O4Si/c1-9-20-16(19)21-12-10-11-14-15(18(14,5)6)13-22-23(7,8)17(2,3)4/h10-11,14-15H,9,12-13H2,1-8H3/b11-10+/t14-,15+/m0/s1. The molecule has 0 radical (unpaired) electrons. The van der Waals surface area contributed by atoms with Crippen LogP contribution in [0.5, 0.6) is 0 Å². The van der Waals surface area contributed by atoms with E-state index in [1.54, 1.807) is 6.92 Å². The van der Waals surface area contributed by atoms with Gasteiger partial charge < -0.3 is 13.9 Å². The van der Waals surface area contributed by atoms with Crippen molar-refractivity contribution in [3.8, 4) is 0 Å². The average Bonchev–Trinajstić information content (AvgIpc) is 2.92. The van der Waals surface area contributed by atoms with Crippen LogP contribution >= 0.6 is 0 Å². The predicted molar refractivity (Wildman–Crippen MR) is 96.0 cm³/mol. The molecule has 0 N–H and O–H groups in total. The van der Waals surface area contributed by atoms with Crippen molar-refractivity contribution in [3.63, 3.8) is 0 Å². The van der Waals surface area contributed by atoms with Crippen LogP contribution in [0.15, 0.2) is 12.2 Å². The van der Waals surface area contributed by atoms with Crippen LogP contribution in [0.3, 0.4) is 0 Å². The molecular formula is C18H34O4Si. The Hall–Kier alpha value is -0.813. The Kier molecular flexibility index (Phi) is 6.50. The first kappa shape index (κ1) is 20.2. The van der Waals surface area contributed by atoms with Crippen LogP contribution in [-0.2, 0) is 13.9 Å². The summed E-state index contributed by atoms with van der Waals surface area (Å²) < 4.78 is 16.0. The minimum absolute atomic E-state index is 0.241. The van der Waals surface area contributed by atoms with E-state index in [0.717, 1.165) is 6.61 Å². The van der Waals surface area contributed by atoms with Gasteiger partial charge in [0.1, 0.15) is 6.61 Å². The monoisotopic (exact) mass is 342 g/mol. The smallest absolute Gasteiger partial charge is 0.435 e. The molecule has 0 heterocycles. The van der Waals surface area contributed by atoms with E-state index in [0.29, 0.717) is 18.4 Å². The van der Waals surface area contributed by atoms with Gasteiger partial charge in [0, 0.05) is 6.61 Å². The number of ether oxygens (including phenoxy) is 2. The lowest BCUT2D eigenvalue weighted by Crippen LogP contribution is -2.41. The highest BCUT2D eigenvalue weighted by atomic mass is 28.4. The molecule has 0 aromatic carbocycles. The predicted octanol–water partition coefficient (Wildman–Crippen LogP) is 5.01. The Balaban J connectivity index is 2.43. The molecule has 1 aliphatic rings. The molecule has 1 aliphatic carbocycles. The molecule has 0 aromatic rings. The largest absolute Gasteiger partial charge is 0.508 e. The van der Waals surface area contributed by atoms with Gasteiger partial charge >= 0.3 is 6.16 Å². The number of rotatable bonds is 7. The van der Waals surface area contributed by atoms with Crippen LogP contribution in [0.25, 0.3) is 0 Å². The molecule has 0 spiro atoms. The molecule has 0 unspecified atom stereocenters. The van der Waals surface area contributed by atoms with Gasteiger partial charge in [-0.1, -0.05) is 46.8 Å². The van der Waals surface area contributed by atoms with Crippen LogP contribution in [0.4, 0.5) is 4.79 Å². The van der Waals surface area contributed by atoms with Gasteiger partial charge in [-0.25, -0.2) is 4.79 Å². The summed E-state index contributed by atoms with van der Waals surface area (Å²) >= 11 is 0. The second-order valence-electron chi connectivity index (χ2n) is 8.45. The molecule has 0 aliphatic heterocycles. The molecule has 4 nitrogen and oxygen atoms in total. The molecule has 0 amide bonds. The summed E-state index contributed by atoms with van der Waals surface area (Å²) in [6.07, 6.45) is 3.46. The normalized spacial score (nSPS) is 23.8. The van der Waals surface area contributed by atoms with E-state index < -0.39 is 14.5 Å². The van der Waals surface area contributed by atoms with E-state index in [4.69, 9.17) is 13.9 Å². The third-order valence-corrected chi connectivity index (χ3v) is 9.97. The second kappa shape index (κ2) is 7.39. The number of allylic oxidation sites excluding steroid dienone is 1. The Morgan fingerprint density at radius 1 is 1.22 bits per heavy atom. The van der Waals surface area contributed by atoms with Crippen molar-refractivity contribution in [1.29, 1.82) is 0 Å². The van der Waals surface area contributed by atoms with Crippen molar-refractivity contribution in [2.24, 2.45) is 17.3 Å². The second-order valence-corrected chi connectivity index (χ2v) is 13.3. The summed E-state index contributed by atoms with van der Waals surface area (Å²) in [5.41, 5.74) is 0.253. The molecule has 23 heavy (non-hydrogen) atoms. The molecule has 2 atom stereocenters. The molecule has 134 valence electrons. The third kappa shape index (κ3) is 5.35. The third-order valence-electron chi connectivity index (χ3n) is 5.47. The van der Waals surface area contributed by atoms with Crippen LogP contribution < -0.4 is 0 Å². The maximum atomic E-state index is 11.1. The van der Waals surface area contributed by atoms with Gasteiger partial charge in [-0.3, -0.25) is 0 Å². The van der Waals surface area contributed by atoms with Crippen molar-refractivity contribution < 1.29 is 18.7 Å². The lowest BCUT2D eigenvalue weighted by atomic mass is 10.1. The van der Waals surface area contributed by atoms with Gasteiger partial charge in [0.05, 0.1) is 6.61 Å². The maximum absolute atomic E-state index is 11.1. The highest BCUT2D eigenvalue weighted by molar-refractivity contribution is 6.74. The zero-order valence-electron chi connectivity index (χ0n) is 16.1. The molecule has 1 saturated carbocycles. The molecule has 5 heteroatoms. The summed E-state index contributed by atoms with van der Waals surface area (Å²) in [5.74, 6) is 1.02. The van der Waals surface area contributed by atoms with Crippen molar-refractivity contribution in [3.05, 3.63) is 12.2 Å². The highest BCUT2D eigenvalue weighted by Gasteiger charge is 2.56. The van der Waals surface area contributed by atoms with Gasteiger partial charge in [-0.2, -0.15) is 0 Å². The molecule has 1 fully saturated rings. The zero-order chi connectivity index (χ0) is 17.9. The topological polar surface area (TPSA) is 44.8 Å². The minimum atomic E-state index is -1.69. The Bertz CT molecular complexity index is 435. The van der Waals surface area contributed by atoms with Crippen molar-refractivity contribution >= 4 is 14.5 Å².